The molecule has 0 heterocycles. The fraction of sp³-hybridized carbons (Fsp3) is 1.00. The summed E-state index contributed by atoms with van der Waals surface area (Å²) in [7, 11) is 0. The van der Waals surface area contributed by atoms with Gasteiger partial charge in [-0.1, -0.05) is 118 Å². The first-order valence-electron chi connectivity index (χ1n) is 14.0. The van der Waals surface area contributed by atoms with Gasteiger partial charge in [0.05, 0.1) is 25.4 Å². The van der Waals surface area contributed by atoms with E-state index in [0.29, 0.717) is 13.2 Å². The van der Waals surface area contributed by atoms with Gasteiger partial charge in [-0.15, -0.1) is 0 Å². The van der Waals surface area contributed by atoms with Crippen LogP contribution in [0.25, 0.3) is 0 Å². The molecule has 0 aromatic rings. The first-order valence-corrected chi connectivity index (χ1v) is 14.0. The van der Waals surface area contributed by atoms with E-state index in [1.807, 2.05) is 0 Å². The van der Waals surface area contributed by atoms with Crippen molar-refractivity contribution in [3.63, 3.8) is 0 Å². The third kappa shape index (κ3) is 18.0. The van der Waals surface area contributed by atoms with Gasteiger partial charge in [0.25, 0.3) is 0 Å². The maximum Gasteiger partial charge on any atom is 0.0590 e. The lowest BCUT2D eigenvalue weighted by Crippen LogP contribution is -2.29. The molecular weight excluding hydrogens is 384 g/mol. The Morgan fingerprint density at radius 3 is 1.13 bits per heavy atom. The Balaban J connectivity index is 4.62. The van der Waals surface area contributed by atoms with Gasteiger partial charge in [-0.05, 0) is 25.7 Å². The summed E-state index contributed by atoms with van der Waals surface area (Å²) in [5.74, 6) is 0.485. The quantitative estimate of drug-likeness (QED) is 0.149. The van der Waals surface area contributed by atoms with E-state index in [1.165, 1.54) is 77.0 Å². The fourth-order valence-corrected chi connectivity index (χ4v) is 4.49. The van der Waals surface area contributed by atoms with E-state index >= 15 is 0 Å². The van der Waals surface area contributed by atoms with Crippen LogP contribution < -0.4 is 0 Å². The second-order valence-electron chi connectivity index (χ2n) is 9.88. The molecule has 0 bridgehead atoms. The van der Waals surface area contributed by atoms with Gasteiger partial charge in [0, 0.05) is 11.8 Å². The van der Waals surface area contributed by atoms with Gasteiger partial charge in [-0.25, -0.2) is 0 Å². The Bertz CT molecular complexity index is 315. The van der Waals surface area contributed by atoms with Crippen molar-refractivity contribution in [2.45, 2.75) is 155 Å². The minimum Gasteiger partial charge on any atom is -0.393 e. The second kappa shape index (κ2) is 23.1. The van der Waals surface area contributed by atoms with Crippen LogP contribution in [0.4, 0.5) is 0 Å². The van der Waals surface area contributed by atoms with E-state index in [4.69, 9.17) is 4.74 Å². The van der Waals surface area contributed by atoms with E-state index in [9.17, 15) is 10.2 Å². The van der Waals surface area contributed by atoms with Crippen molar-refractivity contribution < 1.29 is 14.9 Å². The summed E-state index contributed by atoms with van der Waals surface area (Å²) >= 11 is 0. The molecule has 0 aliphatic carbocycles. The largest absolute Gasteiger partial charge is 0.393 e. The summed E-state index contributed by atoms with van der Waals surface area (Å²) in [5, 5.41) is 21.6. The maximum absolute atomic E-state index is 10.8. The smallest absolute Gasteiger partial charge is 0.0590 e. The van der Waals surface area contributed by atoms with Crippen LogP contribution in [0, 0.1) is 11.8 Å². The van der Waals surface area contributed by atoms with Crippen molar-refractivity contribution >= 4 is 0 Å². The van der Waals surface area contributed by atoms with Gasteiger partial charge in [-0.3, -0.25) is 0 Å². The second-order valence-corrected chi connectivity index (χ2v) is 9.88. The SMILES string of the molecule is CCCCCCC(COCC(CCCCCC)C(O)CCCCC)C(O)CCCCC. The molecule has 0 saturated carbocycles. The summed E-state index contributed by atoms with van der Waals surface area (Å²) < 4.78 is 6.21. The molecule has 0 amide bonds. The topological polar surface area (TPSA) is 49.7 Å². The van der Waals surface area contributed by atoms with Crippen LogP contribution in [-0.4, -0.2) is 35.6 Å². The highest BCUT2D eigenvalue weighted by molar-refractivity contribution is 4.72. The molecule has 4 unspecified atom stereocenters. The zero-order chi connectivity index (χ0) is 23.2. The summed E-state index contributed by atoms with van der Waals surface area (Å²) in [5.41, 5.74) is 0. The lowest BCUT2D eigenvalue weighted by Gasteiger charge is -2.27. The molecule has 0 saturated heterocycles. The van der Waals surface area contributed by atoms with Crippen molar-refractivity contribution in [3.05, 3.63) is 0 Å². The van der Waals surface area contributed by atoms with Crippen LogP contribution in [0.15, 0.2) is 0 Å². The highest BCUT2D eigenvalue weighted by Gasteiger charge is 2.22. The number of hydrogen-bond acceptors (Lipinski definition) is 3. The zero-order valence-electron chi connectivity index (χ0n) is 21.8. The minimum absolute atomic E-state index is 0.242. The molecule has 0 rings (SSSR count). The average Bonchev–Trinajstić information content (AvgIpc) is 2.77. The van der Waals surface area contributed by atoms with E-state index in [2.05, 4.69) is 27.7 Å². The predicted octanol–water partition coefficient (Wildman–Crippen LogP) is 8.06. The van der Waals surface area contributed by atoms with E-state index < -0.39 is 0 Å². The summed E-state index contributed by atoms with van der Waals surface area (Å²) in [6, 6.07) is 0. The predicted molar refractivity (Wildman–Crippen MR) is 136 cm³/mol. The molecule has 3 nitrogen and oxygen atoms in total. The molecule has 0 aromatic carbocycles. The average molecular weight is 443 g/mol. The number of rotatable bonds is 24. The molecule has 0 fully saturated rings. The standard InChI is InChI=1S/C28H58O3/c1-5-9-13-17-19-25(27(29)21-15-11-7-3)23-31-24-26(20-18-14-10-6-2)28(30)22-16-12-8-4/h25-30H,5-24H2,1-4H3. The van der Waals surface area contributed by atoms with E-state index in [1.54, 1.807) is 0 Å². The third-order valence-corrected chi connectivity index (χ3v) is 6.82. The van der Waals surface area contributed by atoms with E-state index in [-0.39, 0.29) is 24.0 Å². The van der Waals surface area contributed by atoms with Crippen molar-refractivity contribution in [1.82, 2.24) is 0 Å². The van der Waals surface area contributed by atoms with Gasteiger partial charge in [0.1, 0.15) is 0 Å². The molecule has 2 N–H and O–H groups in total. The number of aliphatic hydroxyl groups excluding tert-OH is 2. The zero-order valence-corrected chi connectivity index (χ0v) is 21.8. The number of aliphatic hydroxyl groups is 2. The highest BCUT2D eigenvalue weighted by atomic mass is 16.5. The highest BCUT2D eigenvalue weighted by Crippen LogP contribution is 2.23. The van der Waals surface area contributed by atoms with Gasteiger partial charge in [0.2, 0.25) is 0 Å². The minimum atomic E-state index is -0.245. The Labute approximate surface area is 195 Å². The Hall–Kier alpha value is -0.120. The molecule has 31 heavy (non-hydrogen) atoms. The normalized spacial score (nSPS) is 15.7. The lowest BCUT2D eigenvalue weighted by molar-refractivity contribution is -0.0202. The Morgan fingerprint density at radius 2 is 0.774 bits per heavy atom. The first kappa shape index (κ1) is 30.9. The molecular formula is C28H58O3. The van der Waals surface area contributed by atoms with Crippen LogP contribution >= 0.6 is 0 Å². The first-order chi connectivity index (χ1) is 15.1. The van der Waals surface area contributed by atoms with Gasteiger partial charge in [-0.2, -0.15) is 0 Å². The van der Waals surface area contributed by atoms with Gasteiger partial charge < -0.3 is 14.9 Å². The third-order valence-electron chi connectivity index (χ3n) is 6.82. The van der Waals surface area contributed by atoms with Crippen LogP contribution in [0.2, 0.25) is 0 Å². The number of ether oxygens (including phenoxy) is 1. The molecule has 0 aromatic heterocycles. The molecule has 4 atom stereocenters. The van der Waals surface area contributed by atoms with Crippen LogP contribution in [-0.2, 0) is 4.74 Å². The monoisotopic (exact) mass is 442 g/mol. The van der Waals surface area contributed by atoms with Crippen LogP contribution in [0.3, 0.4) is 0 Å². The van der Waals surface area contributed by atoms with Crippen molar-refractivity contribution in [2.75, 3.05) is 13.2 Å². The Kier molecular flexibility index (Phi) is 23.0. The number of unbranched alkanes of at least 4 members (excludes halogenated alkanes) is 10. The fourth-order valence-electron chi connectivity index (χ4n) is 4.49. The van der Waals surface area contributed by atoms with Crippen LogP contribution in [0.1, 0.15) is 143 Å². The Morgan fingerprint density at radius 1 is 0.452 bits per heavy atom. The van der Waals surface area contributed by atoms with Gasteiger partial charge >= 0.3 is 0 Å². The molecule has 0 aliphatic rings. The van der Waals surface area contributed by atoms with Crippen LogP contribution in [0.5, 0.6) is 0 Å². The van der Waals surface area contributed by atoms with Crippen molar-refractivity contribution in [1.29, 1.82) is 0 Å². The lowest BCUT2D eigenvalue weighted by atomic mass is 9.91. The van der Waals surface area contributed by atoms with Crippen molar-refractivity contribution in [2.24, 2.45) is 11.8 Å². The van der Waals surface area contributed by atoms with Gasteiger partial charge in [0.15, 0.2) is 0 Å². The molecule has 3 heteroatoms. The maximum atomic E-state index is 10.8. The molecule has 0 spiro atoms. The molecule has 0 radical (unpaired) electrons. The number of hydrogen-bond donors (Lipinski definition) is 2. The summed E-state index contributed by atoms with van der Waals surface area (Å²) in [6.45, 7) is 10.2. The molecule has 188 valence electrons. The van der Waals surface area contributed by atoms with Crippen molar-refractivity contribution in [3.8, 4) is 0 Å². The summed E-state index contributed by atoms with van der Waals surface area (Å²) in [6.07, 6.45) is 20.4. The summed E-state index contributed by atoms with van der Waals surface area (Å²) in [4.78, 5) is 0. The molecule has 0 aliphatic heterocycles. The van der Waals surface area contributed by atoms with E-state index in [0.717, 1.165) is 38.5 Å².